The Morgan fingerprint density at radius 3 is 3.00 bits per heavy atom. The van der Waals surface area contributed by atoms with Crippen LogP contribution in [0.15, 0.2) is 18.3 Å². The van der Waals surface area contributed by atoms with E-state index in [4.69, 9.17) is 4.74 Å². The fourth-order valence-electron chi connectivity index (χ4n) is 1.60. The van der Waals surface area contributed by atoms with Gasteiger partial charge in [-0.05, 0) is 13.3 Å². The van der Waals surface area contributed by atoms with Crippen LogP contribution in [-0.4, -0.2) is 29.8 Å². The van der Waals surface area contributed by atoms with E-state index in [9.17, 15) is 0 Å². The molecule has 0 saturated carbocycles. The van der Waals surface area contributed by atoms with Crippen LogP contribution < -0.4 is 5.32 Å². The summed E-state index contributed by atoms with van der Waals surface area (Å²) in [6, 6.07) is 0. The van der Waals surface area contributed by atoms with Crippen LogP contribution in [0.4, 0.5) is 0 Å². The topological polar surface area (TPSA) is 39.1 Å². The predicted molar refractivity (Wildman–Crippen MR) is 70.0 cm³/mol. The summed E-state index contributed by atoms with van der Waals surface area (Å²) in [6.45, 7) is 11.5. The Labute approximate surface area is 104 Å². The van der Waals surface area contributed by atoms with Crippen molar-refractivity contribution in [3.63, 3.8) is 0 Å². The van der Waals surface area contributed by atoms with Gasteiger partial charge in [-0.2, -0.15) is 0 Å². The number of hydrogen-bond donors (Lipinski definition) is 1. The second-order valence-electron chi connectivity index (χ2n) is 4.16. The monoisotopic (exact) mass is 237 g/mol. The van der Waals surface area contributed by atoms with Crippen LogP contribution >= 0.6 is 0 Å². The highest BCUT2D eigenvalue weighted by Gasteiger charge is 2.06. The number of aromatic nitrogens is 2. The number of allylic oxidation sites excluding steroid dienone is 1. The first-order valence-corrected chi connectivity index (χ1v) is 6.06. The first kappa shape index (κ1) is 13.9. The number of nitrogens with zero attached hydrogens (tertiary/aromatic N) is 2. The fourth-order valence-corrected chi connectivity index (χ4v) is 1.60. The van der Waals surface area contributed by atoms with Crippen LogP contribution in [0.3, 0.4) is 0 Å². The Balaban J connectivity index is 2.56. The molecule has 0 atom stereocenters. The van der Waals surface area contributed by atoms with Crippen LogP contribution in [0, 0.1) is 6.92 Å². The van der Waals surface area contributed by atoms with Crippen LogP contribution in [0.1, 0.15) is 24.9 Å². The van der Waals surface area contributed by atoms with Crippen molar-refractivity contribution in [3.8, 4) is 0 Å². The summed E-state index contributed by atoms with van der Waals surface area (Å²) >= 11 is 0. The maximum Gasteiger partial charge on any atom is 0.106 e. The highest BCUT2D eigenvalue weighted by molar-refractivity contribution is 5.08. The zero-order valence-corrected chi connectivity index (χ0v) is 11.1. The second-order valence-corrected chi connectivity index (χ2v) is 4.16. The summed E-state index contributed by atoms with van der Waals surface area (Å²) < 4.78 is 7.21. The highest BCUT2D eigenvalue weighted by Crippen LogP contribution is 2.09. The number of aryl methyl sites for hydroxylation is 1. The van der Waals surface area contributed by atoms with Crippen LogP contribution in [0.2, 0.25) is 0 Å². The lowest BCUT2D eigenvalue weighted by molar-refractivity contribution is 0.199. The molecule has 4 nitrogen and oxygen atoms in total. The number of nitrogens with one attached hydrogen (secondary N) is 1. The second kappa shape index (κ2) is 7.25. The molecule has 0 bridgehead atoms. The SMILES string of the molecule is C=C(CC)Cn1c(CNCCOC)cnc1C. The van der Waals surface area contributed by atoms with Crippen molar-refractivity contribution < 1.29 is 4.74 Å². The van der Waals surface area contributed by atoms with E-state index in [2.05, 4.69) is 28.4 Å². The molecule has 0 unspecified atom stereocenters. The van der Waals surface area contributed by atoms with Crippen molar-refractivity contribution in [1.82, 2.24) is 14.9 Å². The third-order valence-electron chi connectivity index (χ3n) is 2.81. The zero-order valence-electron chi connectivity index (χ0n) is 11.1. The predicted octanol–water partition coefficient (Wildman–Crippen LogP) is 1.89. The summed E-state index contributed by atoms with van der Waals surface area (Å²) in [5, 5.41) is 3.33. The standard InChI is InChI=1S/C13H23N3O/c1-5-11(2)10-16-12(3)15-9-13(16)8-14-6-7-17-4/h9,14H,2,5-8,10H2,1,3-4H3. The van der Waals surface area contributed by atoms with Gasteiger partial charge in [0.15, 0.2) is 0 Å². The molecule has 0 aliphatic heterocycles. The quantitative estimate of drug-likeness (QED) is 0.554. The van der Waals surface area contributed by atoms with E-state index in [1.807, 2.05) is 13.1 Å². The first-order valence-electron chi connectivity index (χ1n) is 6.06. The van der Waals surface area contributed by atoms with Crippen molar-refractivity contribution in [2.75, 3.05) is 20.3 Å². The molecule has 0 saturated heterocycles. The number of ether oxygens (including phenoxy) is 1. The lowest BCUT2D eigenvalue weighted by atomic mass is 10.2. The zero-order chi connectivity index (χ0) is 12.7. The van der Waals surface area contributed by atoms with Crippen molar-refractivity contribution in [2.24, 2.45) is 0 Å². The molecule has 1 aromatic heterocycles. The average molecular weight is 237 g/mol. The summed E-state index contributed by atoms with van der Waals surface area (Å²) in [7, 11) is 1.71. The van der Waals surface area contributed by atoms with Gasteiger partial charge in [0.05, 0.1) is 12.3 Å². The molecule has 0 amide bonds. The molecule has 96 valence electrons. The number of hydrogen-bond acceptors (Lipinski definition) is 3. The average Bonchev–Trinajstić information content (AvgIpc) is 2.67. The van der Waals surface area contributed by atoms with E-state index in [-0.39, 0.29) is 0 Å². The van der Waals surface area contributed by atoms with Gasteiger partial charge in [0.25, 0.3) is 0 Å². The van der Waals surface area contributed by atoms with Gasteiger partial charge in [0.1, 0.15) is 5.82 Å². The van der Waals surface area contributed by atoms with Gasteiger partial charge in [0, 0.05) is 32.9 Å². The summed E-state index contributed by atoms with van der Waals surface area (Å²) in [6.07, 6.45) is 2.94. The summed E-state index contributed by atoms with van der Waals surface area (Å²) in [4.78, 5) is 4.35. The van der Waals surface area contributed by atoms with Gasteiger partial charge in [-0.15, -0.1) is 0 Å². The number of rotatable bonds is 8. The maximum atomic E-state index is 5.00. The molecule has 1 aromatic rings. The van der Waals surface area contributed by atoms with E-state index in [1.54, 1.807) is 7.11 Å². The highest BCUT2D eigenvalue weighted by atomic mass is 16.5. The van der Waals surface area contributed by atoms with Gasteiger partial charge in [-0.1, -0.05) is 19.1 Å². The van der Waals surface area contributed by atoms with Gasteiger partial charge in [-0.3, -0.25) is 0 Å². The molecule has 0 radical (unpaired) electrons. The minimum atomic E-state index is 0.731. The first-order chi connectivity index (χ1) is 8.19. The van der Waals surface area contributed by atoms with Crippen LogP contribution in [0.5, 0.6) is 0 Å². The fraction of sp³-hybridized carbons (Fsp3) is 0.615. The maximum absolute atomic E-state index is 5.00. The van der Waals surface area contributed by atoms with Crippen molar-refractivity contribution >= 4 is 0 Å². The largest absolute Gasteiger partial charge is 0.383 e. The van der Waals surface area contributed by atoms with E-state index >= 15 is 0 Å². The molecule has 1 N–H and O–H groups in total. The molecular formula is C13H23N3O. The molecule has 0 aliphatic rings. The molecule has 0 aromatic carbocycles. The van der Waals surface area contributed by atoms with E-state index in [0.717, 1.165) is 38.5 Å². The molecule has 0 spiro atoms. The molecular weight excluding hydrogens is 214 g/mol. The molecule has 1 heterocycles. The van der Waals surface area contributed by atoms with E-state index < -0.39 is 0 Å². The van der Waals surface area contributed by atoms with Crippen LogP contribution in [-0.2, 0) is 17.8 Å². The Morgan fingerprint density at radius 1 is 1.59 bits per heavy atom. The van der Waals surface area contributed by atoms with Gasteiger partial charge >= 0.3 is 0 Å². The number of imidazole rings is 1. The Bertz CT molecular complexity index is 358. The van der Waals surface area contributed by atoms with Crippen molar-refractivity contribution in [2.45, 2.75) is 33.4 Å². The Kier molecular flexibility index (Phi) is 5.94. The molecule has 0 aliphatic carbocycles. The minimum Gasteiger partial charge on any atom is -0.383 e. The van der Waals surface area contributed by atoms with Crippen LogP contribution in [0.25, 0.3) is 0 Å². The molecule has 17 heavy (non-hydrogen) atoms. The third kappa shape index (κ3) is 4.32. The smallest absolute Gasteiger partial charge is 0.106 e. The van der Waals surface area contributed by atoms with E-state index in [1.165, 1.54) is 11.3 Å². The minimum absolute atomic E-state index is 0.731. The molecule has 0 fully saturated rings. The van der Waals surface area contributed by atoms with E-state index in [0.29, 0.717) is 0 Å². The lowest BCUT2D eigenvalue weighted by Crippen LogP contribution is -2.21. The van der Waals surface area contributed by atoms with Gasteiger partial charge < -0.3 is 14.6 Å². The Morgan fingerprint density at radius 2 is 2.35 bits per heavy atom. The Hall–Kier alpha value is -1.13. The summed E-state index contributed by atoms with van der Waals surface area (Å²) in [5.74, 6) is 1.04. The molecule has 4 heteroatoms. The van der Waals surface area contributed by atoms with Crippen molar-refractivity contribution in [1.29, 1.82) is 0 Å². The molecule has 1 rings (SSSR count). The van der Waals surface area contributed by atoms with Gasteiger partial charge in [0.2, 0.25) is 0 Å². The van der Waals surface area contributed by atoms with Crippen molar-refractivity contribution in [3.05, 3.63) is 29.9 Å². The normalized spacial score (nSPS) is 10.8. The number of methoxy groups -OCH3 is 1. The third-order valence-corrected chi connectivity index (χ3v) is 2.81. The summed E-state index contributed by atoms with van der Waals surface area (Å²) in [5.41, 5.74) is 2.43. The lowest BCUT2D eigenvalue weighted by Gasteiger charge is -2.12. The van der Waals surface area contributed by atoms with Gasteiger partial charge in [-0.25, -0.2) is 4.98 Å².